The predicted molar refractivity (Wildman–Crippen MR) is 278 cm³/mol. The summed E-state index contributed by atoms with van der Waals surface area (Å²) in [6.07, 6.45) is -1.57. The van der Waals surface area contributed by atoms with Gasteiger partial charge in [0.15, 0.2) is 28.8 Å². The number of ketones is 4. The highest BCUT2D eigenvalue weighted by atomic mass is 28.5. The van der Waals surface area contributed by atoms with Crippen LogP contribution < -0.4 is 0 Å². The first-order valence-corrected chi connectivity index (χ1v) is 35.7. The van der Waals surface area contributed by atoms with Crippen molar-refractivity contribution in [2.45, 2.75) is 89.5 Å². The van der Waals surface area contributed by atoms with Crippen LogP contribution in [0.1, 0.15) is 54.3 Å². The molecule has 0 aliphatic rings. The SMILES string of the molecule is C[Si](C)(C)O[Si](C)(CCCOCC(COC(=O)C(=O)c1ccccc1)OC(=O)C(=O)c1ccccc1)O[Si](C)(CCCOCC(COC(=O)C(=O)c1ccccc1)OC(=O)C(=O)c1ccccc1)O[Si](C)(C)C. The molecule has 0 aliphatic heterocycles. The van der Waals surface area contributed by atoms with Crippen LogP contribution in [-0.2, 0) is 59.9 Å². The molecule has 0 fully saturated rings. The third-order valence-electron chi connectivity index (χ3n) is 10.2. The summed E-state index contributed by atoms with van der Waals surface area (Å²) in [5.41, 5.74) is 0.451. The Morgan fingerprint density at radius 3 is 0.918 bits per heavy atom. The second-order valence-corrected chi connectivity index (χ2v) is 35.6. The molecule has 0 spiro atoms. The van der Waals surface area contributed by atoms with Gasteiger partial charge in [0.1, 0.15) is 13.2 Å². The number of esters is 4. The van der Waals surface area contributed by atoms with Crippen LogP contribution in [0.5, 0.6) is 0 Å². The first-order chi connectivity index (χ1) is 34.5. The van der Waals surface area contributed by atoms with Crippen molar-refractivity contribution in [2.75, 3.05) is 39.6 Å². The number of Topliss-reactive ketones (excluding diaryl/α,β-unsaturated/α-hetero) is 4. The molecular weight excluding hydrogens is 1010 g/mol. The van der Waals surface area contributed by atoms with Crippen LogP contribution in [0.25, 0.3) is 0 Å². The fraction of sp³-hybridized carbons (Fsp3) is 0.385. The summed E-state index contributed by atoms with van der Waals surface area (Å²) in [4.78, 5) is 103. The Morgan fingerprint density at radius 1 is 0.370 bits per heavy atom. The minimum absolute atomic E-state index is 0.107. The third-order valence-corrected chi connectivity index (χ3v) is 24.5. The Kier molecular flexibility index (Phi) is 23.3. The van der Waals surface area contributed by atoms with Gasteiger partial charge in [-0.2, -0.15) is 0 Å². The minimum Gasteiger partial charge on any atom is -0.456 e. The molecule has 0 amide bonds. The van der Waals surface area contributed by atoms with Gasteiger partial charge in [-0.05, 0) is 77.3 Å². The van der Waals surface area contributed by atoms with E-state index in [1.165, 1.54) is 48.5 Å². The molecule has 0 radical (unpaired) electrons. The molecule has 0 saturated carbocycles. The van der Waals surface area contributed by atoms with Gasteiger partial charge in [0.2, 0.25) is 0 Å². The lowest BCUT2D eigenvalue weighted by molar-refractivity contribution is -0.156. The summed E-state index contributed by atoms with van der Waals surface area (Å²) in [6.45, 7) is 15.0. The van der Waals surface area contributed by atoms with Gasteiger partial charge in [0, 0.05) is 35.5 Å². The van der Waals surface area contributed by atoms with Gasteiger partial charge in [0.25, 0.3) is 23.1 Å². The molecule has 0 heterocycles. The fourth-order valence-corrected chi connectivity index (χ4v) is 25.7. The normalized spacial score (nSPS) is 14.0. The Labute approximate surface area is 430 Å². The summed E-state index contributed by atoms with van der Waals surface area (Å²) in [5, 5.41) is 0. The molecule has 0 saturated heterocycles. The second-order valence-electron chi connectivity index (χ2n) is 19.2. The lowest BCUT2D eigenvalue weighted by atomic mass is 10.1. The quantitative estimate of drug-likeness (QED) is 0.0113. The number of benzene rings is 4. The smallest absolute Gasteiger partial charge is 0.380 e. The van der Waals surface area contributed by atoms with Gasteiger partial charge in [-0.3, -0.25) is 19.2 Å². The predicted octanol–water partition coefficient (Wildman–Crippen LogP) is 8.11. The zero-order valence-corrected chi connectivity index (χ0v) is 46.7. The summed E-state index contributed by atoms with van der Waals surface area (Å²) < 4.78 is 54.2. The molecule has 4 aromatic rings. The van der Waals surface area contributed by atoms with Crippen LogP contribution in [0, 0.1) is 0 Å². The molecule has 0 aliphatic carbocycles. The standard InChI is InChI=1S/C52H66O17Si4/c1-70(2,3)67-72(7,33-21-31-61-35-43(65-51(59)47(55)41-27-17-11-18-28-41)37-63-49(57)45(53)39-23-13-9-14-24-39)69-73(8,68-71(4,5)6)34-22-32-62-36-44(66-52(60)48(56)42-29-19-12-20-30-42)38-64-50(58)46(54)40-25-15-10-16-26-40/h9-20,23-30,43-44H,21-22,31-38H2,1-8H3. The van der Waals surface area contributed by atoms with Crippen LogP contribution in [0.15, 0.2) is 121 Å². The summed E-state index contributed by atoms with van der Waals surface area (Å²) in [5.74, 6) is -8.29. The van der Waals surface area contributed by atoms with Crippen molar-refractivity contribution in [3.8, 4) is 0 Å². The molecule has 0 bridgehead atoms. The van der Waals surface area contributed by atoms with E-state index in [1.807, 2.05) is 13.1 Å². The number of carbonyl (C=O) groups excluding carboxylic acids is 8. The van der Waals surface area contributed by atoms with E-state index >= 15 is 0 Å². The van der Waals surface area contributed by atoms with Crippen LogP contribution in [0.2, 0.25) is 64.5 Å². The number of ether oxygens (including phenoxy) is 6. The van der Waals surface area contributed by atoms with Crippen molar-refractivity contribution in [3.05, 3.63) is 144 Å². The van der Waals surface area contributed by atoms with Gasteiger partial charge in [0.05, 0.1) is 13.2 Å². The highest BCUT2D eigenvalue weighted by Crippen LogP contribution is 2.31. The van der Waals surface area contributed by atoms with Gasteiger partial charge >= 0.3 is 41.0 Å². The molecule has 4 atom stereocenters. The Bertz CT molecular complexity index is 2300. The molecule has 0 aromatic heterocycles. The average molecular weight is 1080 g/mol. The first kappa shape index (κ1) is 59.7. The van der Waals surface area contributed by atoms with E-state index in [4.69, 9.17) is 40.8 Å². The van der Waals surface area contributed by atoms with Crippen molar-refractivity contribution in [1.29, 1.82) is 0 Å². The summed E-state index contributed by atoms with van der Waals surface area (Å²) in [6, 6.07) is 32.3. The number of carbonyl (C=O) groups is 8. The van der Waals surface area contributed by atoms with E-state index in [9.17, 15) is 38.4 Å². The largest absolute Gasteiger partial charge is 0.456 e. The molecule has 4 unspecified atom stereocenters. The van der Waals surface area contributed by atoms with E-state index in [2.05, 4.69) is 39.3 Å². The molecule has 17 nitrogen and oxygen atoms in total. The average Bonchev–Trinajstić information content (AvgIpc) is 3.35. The second kappa shape index (κ2) is 28.5. The molecular formula is C52H66O17Si4. The van der Waals surface area contributed by atoms with E-state index in [0.717, 1.165) is 0 Å². The molecule has 73 heavy (non-hydrogen) atoms. The summed E-state index contributed by atoms with van der Waals surface area (Å²) >= 11 is 0. The topological polar surface area (TPSA) is 220 Å². The zero-order chi connectivity index (χ0) is 53.7. The van der Waals surface area contributed by atoms with Crippen molar-refractivity contribution in [3.63, 3.8) is 0 Å². The maximum atomic E-state index is 13.0. The Morgan fingerprint density at radius 2 is 0.644 bits per heavy atom. The van der Waals surface area contributed by atoms with Crippen LogP contribution in [0.4, 0.5) is 0 Å². The monoisotopic (exact) mass is 1070 g/mol. The summed E-state index contributed by atoms with van der Waals surface area (Å²) in [7, 11) is -10.6. The van der Waals surface area contributed by atoms with Gasteiger partial charge in [-0.1, -0.05) is 121 Å². The molecule has 4 aromatic carbocycles. The van der Waals surface area contributed by atoms with Crippen LogP contribution in [-0.4, -0.2) is 133 Å². The molecule has 392 valence electrons. The van der Waals surface area contributed by atoms with Gasteiger partial charge < -0.3 is 40.8 Å². The van der Waals surface area contributed by atoms with Crippen molar-refractivity contribution in [2.24, 2.45) is 0 Å². The highest BCUT2D eigenvalue weighted by molar-refractivity contribution is 6.89. The zero-order valence-electron chi connectivity index (χ0n) is 42.7. The Balaban J connectivity index is 1.39. The first-order valence-electron chi connectivity index (χ1n) is 23.9. The van der Waals surface area contributed by atoms with Gasteiger partial charge in [-0.25, -0.2) is 19.2 Å². The van der Waals surface area contributed by atoms with E-state index in [1.54, 1.807) is 72.8 Å². The number of hydrogen-bond acceptors (Lipinski definition) is 17. The van der Waals surface area contributed by atoms with E-state index in [-0.39, 0.29) is 48.7 Å². The van der Waals surface area contributed by atoms with Crippen molar-refractivity contribution in [1.82, 2.24) is 0 Å². The molecule has 0 N–H and O–H groups in total. The Hall–Kier alpha value is -5.89. The van der Waals surface area contributed by atoms with Gasteiger partial charge in [-0.15, -0.1) is 0 Å². The van der Waals surface area contributed by atoms with Crippen LogP contribution >= 0.6 is 0 Å². The lowest BCUT2D eigenvalue weighted by Gasteiger charge is -2.43. The van der Waals surface area contributed by atoms with E-state index in [0.29, 0.717) is 24.9 Å². The highest BCUT2D eigenvalue weighted by Gasteiger charge is 2.46. The lowest BCUT2D eigenvalue weighted by Crippen LogP contribution is -2.58. The van der Waals surface area contributed by atoms with E-state index < -0.39 is 106 Å². The number of rotatable bonds is 32. The minimum atomic E-state index is -3.05. The maximum Gasteiger partial charge on any atom is 0.380 e. The maximum absolute atomic E-state index is 13.0. The molecule has 4 rings (SSSR count). The molecule has 21 heteroatoms. The third kappa shape index (κ3) is 21.6. The number of hydrogen-bond donors (Lipinski definition) is 0. The van der Waals surface area contributed by atoms with Crippen LogP contribution in [0.3, 0.4) is 0 Å². The van der Waals surface area contributed by atoms with Crippen molar-refractivity contribution < 1.29 is 79.1 Å². The van der Waals surface area contributed by atoms with Crippen molar-refractivity contribution >= 4 is 80.8 Å². The fourth-order valence-electron chi connectivity index (χ4n) is 7.36.